The monoisotopic (exact) mass is 470 g/mol. The molecule has 0 radical (unpaired) electrons. The zero-order valence-corrected chi connectivity index (χ0v) is 21.2. The highest BCUT2D eigenvalue weighted by Gasteiger charge is 2.19. The minimum absolute atomic E-state index is 0.0447. The van der Waals surface area contributed by atoms with Crippen LogP contribution in [0, 0.1) is 17.8 Å². The van der Waals surface area contributed by atoms with Gasteiger partial charge in [0.05, 0.1) is 25.4 Å². The van der Waals surface area contributed by atoms with Gasteiger partial charge in [0.2, 0.25) is 0 Å². The Labute approximate surface area is 203 Å². The molecule has 0 atom stereocenters. The van der Waals surface area contributed by atoms with Crippen molar-refractivity contribution in [2.75, 3.05) is 19.8 Å². The maximum atomic E-state index is 13.6. The van der Waals surface area contributed by atoms with Crippen molar-refractivity contribution in [3.05, 3.63) is 53.1 Å². The van der Waals surface area contributed by atoms with Gasteiger partial charge in [-0.1, -0.05) is 41.5 Å². The second-order valence-electron chi connectivity index (χ2n) is 9.82. The Kier molecular flexibility index (Phi) is 10.4. The summed E-state index contributed by atoms with van der Waals surface area (Å²) in [6.07, 6.45) is 0.231. The Morgan fingerprint density at radius 1 is 0.765 bits per heavy atom. The molecule has 0 spiro atoms. The third-order valence-electron chi connectivity index (χ3n) is 4.85. The predicted octanol–water partition coefficient (Wildman–Crippen LogP) is 6.04. The first-order chi connectivity index (χ1) is 16.1. The van der Waals surface area contributed by atoms with Crippen molar-refractivity contribution < 1.29 is 28.9 Å². The summed E-state index contributed by atoms with van der Waals surface area (Å²) < 4.78 is 17.7. The molecular weight excluding hydrogens is 432 g/mol. The third kappa shape index (κ3) is 8.73. The second kappa shape index (κ2) is 13.0. The highest BCUT2D eigenvalue weighted by Crippen LogP contribution is 2.30. The molecule has 0 aliphatic heterocycles. The second-order valence-corrected chi connectivity index (χ2v) is 9.82. The highest BCUT2D eigenvalue weighted by atomic mass is 16.5. The van der Waals surface area contributed by atoms with Gasteiger partial charge in [-0.25, -0.2) is 0 Å². The van der Waals surface area contributed by atoms with Crippen LogP contribution in [0.15, 0.2) is 36.4 Å². The van der Waals surface area contributed by atoms with Crippen molar-refractivity contribution in [2.24, 2.45) is 17.8 Å². The predicted molar refractivity (Wildman–Crippen MR) is 133 cm³/mol. The number of aliphatic carboxylic acids is 1. The zero-order chi connectivity index (χ0) is 25.3. The van der Waals surface area contributed by atoms with Gasteiger partial charge in [-0.15, -0.1) is 0 Å². The fraction of sp³-hybridized carbons (Fsp3) is 0.500. The fourth-order valence-corrected chi connectivity index (χ4v) is 3.13. The molecule has 0 aliphatic carbocycles. The Morgan fingerprint density at radius 2 is 1.32 bits per heavy atom. The molecule has 0 bridgehead atoms. The summed E-state index contributed by atoms with van der Waals surface area (Å²) in [6.45, 7) is 13.8. The number of rotatable bonds is 14. The minimum Gasteiger partial charge on any atom is -0.493 e. The van der Waals surface area contributed by atoms with Gasteiger partial charge >= 0.3 is 5.97 Å². The van der Waals surface area contributed by atoms with Crippen molar-refractivity contribution in [1.29, 1.82) is 0 Å². The molecule has 0 amide bonds. The molecule has 6 nitrogen and oxygen atoms in total. The molecule has 0 saturated heterocycles. The SMILES string of the molecule is CC(C)COc1ccc(OCC(C)C)c(C(=O)c2ccc(OCC(C)C)c(CCC(=O)O)c2)c1. The van der Waals surface area contributed by atoms with Crippen LogP contribution in [0.4, 0.5) is 0 Å². The van der Waals surface area contributed by atoms with Crippen LogP contribution in [-0.2, 0) is 11.2 Å². The molecule has 34 heavy (non-hydrogen) atoms. The highest BCUT2D eigenvalue weighted by molar-refractivity contribution is 6.11. The fourth-order valence-electron chi connectivity index (χ4n) is 3.13. The van der Waals surface area contributed by atoms with E-state index in [1.807, 2.05) is 33.8 Å². The van der Waals surface area contributed by atoms with Gasteiger partial charge in [0, 0.05) is 12.0 Å². The minimum atomic E-state index is -0.897. The summed E-state index contributed by atoms with van der Waals surface area (Å²) >= 11 is 0. The maximum Gasteiger partial charge on any atom is 0.303 e. The molecule has 186 valence electrons. The lowest BCUT2D eigenvalue weighted by molar-refractivity contribution is -0.136. The van der Waals surface area contributed by atoms with E-state index in [4.69, 9.17) is 19.3 Å². The molecule has 2 aromatic rings. The topological polar surface area (TPSA) is 82.1 Å². The Hall–Kier alpha value is -3.02. The van der Waals surface area contributed by atoms with Crippen LogP contribution in [0.25, 0.3) is 0 Å². The van der Waals surface area contributed by atoms with Gasteiger partial charge in [0.1, 0.15) is 17.2 Å². The van der Waals surface area contributed by atoms with E-state index in [-0.39, 0.29) is 18.6 Å². The summed E-state index contributed by atoms with van der Waals surface area (Å²) in [7, 11) is 0. The van der Waals surface area contributed by atoms with Crippen LogP contribution >= 0.6 is 0 Å². The first-order valence-electron chi connectivity index (χ1n) is 12.0. The average molecular weight is 471 g/mol. The van der Waals surface area contributed by atoms with E-state index in [9.17, 15) is 9.59 Å². The summed E-state index contributed by atoms with van der Waals surface area (Å²) in [5.74, 6) is 1.59. The molecular formula is C28H38O6. The number of benzene rings is 2. The number of carbonyl (C=O) groups excluding carboxylic acids is 1. The van der Waals surface area contributed by atoms with Crippen LogP contribution in [0.5, 0.6) is 17.2 Å². The molecule has 1 N–H and O–H groups in total. The Bertz CT molecular complexity index is 961. The van der Waals surface area contributed by atoms with E-state index in [1.165, 1.54) is 0 Å². The number of carbonyl (C=O) groups is 2. The lowest BCUT2D eigenvalue weighted by Crippen LogP contribution is -2.12. The molecule has 6 heteroatoms. The van der Waals surface area contributed by atoms with E-state index in [0.717, 1.165) is 0 Å². The van der Waals surface area contributed by atoms with E-state index in [1.54, 1.807) is 30.3 Å². The Balaban J connectivity index is 2.42. The molecule has 2 aromatic carbocycles. The van der Waals surface area contributed by atoms with Gasteiger partial charge in [-0.2, -0.15) is 0 Å². The molecule has 0 unspecified atom stereocenters. The summed E-state index contributed by atoms with van der Waals surface area (Å²) in [6, 6.07) is 10.5. The molecule has 2 rings (SSSR count). The number of ether oxygens (including phenoxy) is 3. The molecule has 0 heterocycles. The number of carboxylic acids is 1. The lowest BCUT2D eigenvalue weighted by atomic mass is 9.98. The number of carboxylic acid groups (broad SMARTS) is 1. The molecule has 0 saturated carbocycles. The third-order valence-corrected chi connectivity index (χ3v) is 4.85. The van der Waals surface area contributed by atoms with Crippen molar-refractivity contribution in [3.63, 3.8) is 0 Å². The van der Waals surface area contributed by atoms with Crippen LogP contribution in [0.1, 0.15) is 69.4 Å². The van der Waals surface area contributed by atoms with Crippen molar-refractivity contribution in [3.8, 4) is 17.2 Å². The maximum absolute atomic E-state index is 13.6. The summed E-state index contributed by atoms with van der Waals surface area (Å²) in [5, 5.41) is 9.16. The van der Waals surface area contributed by atoms with Crippen LogP contribution in [-0.4, -0.2) is 36.7 Å². The number of aryl methyl sites for hydroxylation is 1. The van der Waals surface area contributed by atoms with E-state index in [2.05, 4.69) is 13.8 Å². The number of hydrogen-bond acceptors (Lipinski definition) is 5. The van der Waals surface area contributed by atoms with Crippen molar-refractivity contribution >= 4 is 11.8 Å². The summed E-state index contributed by atoms with van der Waals surface area (Å²) in [4.78, 5) is 24.7. The van der Waals surface area contributed by atoms with Gasteiger partial charge in [0.25, 0.3) is 0 Å². The molecule has 0 aliphatic rings. The van der Waals surface area contributed by atoms with E-state index < -0.39 is 5.97 Å². The quantitative estimate of drug-likeness (QED) is 0.339. The molecule has 0 aromatic heterocycles. The first kappa shape index (κ1) is 27.2. The number of hydrogen-bond donors (Lipinski definition) is 1. The zero-order valence-electron chi connectivity index (χ0n) is 21.2. The smallest absolute Gasteiger partial charge is 0.303 e. The first-order valence-corrected chi connectivity index (χ1v) is 12.0. The van der Waals surface area contributed by atoms with Crippen molar-refractivity contribution in [1.82, 2.24) is 0 Å². The van der Waals surface area contributed by atoms with Crippen molar-refractivity contribution in [2.45, 2.75) is 54.4 Å². The normalized spacial score (nSPS) is 11.2. The molecule has 0 fully saturated rings. The van der Waals surface area contributed by atoms with Gasteiger partial charge in [-0.3, -0.25) is 9.59 Å². The van der Waals surface area contributed by atoms with E-state index >= 15 is 0 Å². The average Bonchev–Trinajstić information content (AvgIpc) is 2.78. The lowest BCUT2D eigenvalue weighted by Gasteiger charge is -2.17. The van der Waals surface area contributed by atoms with Gasteiger partial charge in [0.15, 0.2) is 5.78 Å². The van der Waals surface area contributed by atoms with E-state index in [0.29, 0.717) is 71.5 Å². The van der Waals surface area contributed by atoms with Crippen LogP contribution < -0.4 is 14.2 Å². The van der Waals surface area contributed by atoms with Crippen LogP contribution in [0.3, 0.4) is 0 Å². The largest absolute Gasteiger partial charge is 0.493 e. The Morgan fingerprint density at radius 3 is 1.91 bits per heavy atom. The van der Waals surface area contributed by atoms with Gasteiger partial charge in [-0.05, 0) is 66.1 Å². The standard InChI is InChI=1S/C28H38O6/c1-18(2)15-32-23-9-11-26(34-17-20(5)6)24(14-23)28(31)22-7-10-25(33-16-19(3)4)21(13-22)8-12-27(29)30/h7,9-11,13-14,18-20H,8,12,15-17H2,1-6H3,(H,29,30). The van der Waals surface area contributed by atoms with Gasteiger partial charge < -0.3 is 19.3 Å². The van der Waals surface area contributed by atoms with Crippen LogP contribution in [0.2, 0.25) is 0 Å². The number of ketones is 1. The summed E-state index contributed by atoms with van der Waals surface area (Å²) in [5.41, 5.74) is 1.57.